The summed E-state index contributed by atoms with van der Waals surface area (Å²) in [4.78, 5) is 16.2. The lowest BCUT2D eigenvalue weighted by molar-refractivity contribution is 0.373. The van der Waals surface area contributed by atoms with E-state index in [-0.39, 0.29) is 5.75 Å². The zero-order chi connectivity index (χ0) is 14.8. The number of thioether (sulfide) groups is 1. The average molecular weight is 302 g/mol. The Morgan fingerprint density at radius 3 is 2.90 bits per heavy atom. The number of aromatic nitrogens is 4. The molecule has 2 aromatic heterocycles. The molecule has 21 heavy (non-hydrogen) atoms. The van der Waals surface area contributed by atoms with Crippen LogP contribution in [0.5, 0.6) is 11.5 Å². The topological polar surface area (TPSA) is 83.9 Å². The smallest absolute Gasteiger partial charge is 0.190 e. The third-order valence-electron chi connectivity index (χ3n) is 2.99. The molecule has 2 N–H and O–H groups in total. The Morgan fingerprint density at radius 2 is 2.19 bits per heavy atom. The molecule has 3 aromatic rings. The number of phenols is 1. The molecule has 108 valence electrons. The molecule has 0 bridgehead atoms. The number of hydrogen-bond acceptors (Lipinski definition) is 6. The van der Waals surface area contributed by atoms with Gasteiger partial charge >= 0.3 is 0 Å². The number of H-pyrrole nitrogens is 1. The number of phenolic OH excluding ortho intramolecular Hbond substituents is 1. The van der Waals surface area contributed by atoms with Gasteiger partial charge in [0.2, 0.25) is 0 Å². The SMILES string of the molecule is CCSc1nc(-c2ccc(OC)c(O)c2)c2[nH]cnc2n1. The third kappa shape index (κ3) is 2.52. The van der Waals surface area contributed by atoms with Crippen LogP contribution < -0.4 is 4.74 Å². The lowest BCUT2D eigenvalue weighted by Gasteiger charge is -2.07. The number of fused-ring (bicyclic) bond motifs is 1. The Morgan fingerprint density at radius 1 is 1.33 bits per heavy atom. The van der Waals surface area contributed by atoms with Crippen LogP contribution in [0.1, 0.15) is 6.92 Å². The van der Waals surface area contributed by atoms with Gasteiger partial charge in [-0.05, 0) is 24.0 Å². The molecule has 0 spiro atoms. The van der Waals surface area contributed by atoms with Crippen LogP contribution in [0.2, 0.25) is 0 Å². The zero-order valence-electron chi connectivity index (χ0n) is 11.6. The zero-order valence-corrected chi connectivity index (χ0v) is 12.4. The number of benzene rings is 1. The van der Waals surface area contributed by atoms with Crippen molar-refractivity contribution in [3.63, 3.8) is 0 Å². The average Bonchev–Trinajstić information content (AvgIpc) is 2.95. The summed E-state index contributed by atoms with van der Waals surface area (Å²) in [7, 11) is 1.52. The maximum atomic E-state index is 9.95. The first kappa shape index (κ1) is 13.7. The monoisotopic (exact) mass is 302 g/mol. The molecule has 0 aliphatic heterocycles. The molecule has 0 saturated heterocycles. The van der Waals surface area contributed by atoms with E-state index in [1.807, 2.05) is 13.0 Å². The van der Waals surface area contributed by atoms with Gasteiger partial charge in [0.05, 0.1) is 13.4 Å². The maximum absolute atomic E-state index is 9.95. The lowest BCUT2D eigenvalue weighted by Crippen LogP contribution is -1.94. The van der Waals surface area contributed by atoms with Crippen molar-refractivity contribution in [2.45, 2.75) is 12.1 Å². The van der Waals surface area contributed by atoms with Crippen molar-refractivity contribution in [3.05, 3.63) is 24.5 Å². The molecular weight excluding hydrogens is 288 g/mol. The van der Waals surface area contributed by atoms with Gasteiger partial charge in [-0.25, -0.2) is 15.0 Å². The van der Waals surface area contributed by atoms with Gasteiger partial charge in [-0.2, -0.15) is 0 Å². The molecule has 1 aromatic carbocycles. The summed E-state index contributed by atoms with van der Waals surface area (Å²) in [6, 6.07) is 5.19. The second kappa shape index (κ2) is 5.61. The van der Waals surface area contributed by atoms with Crippen LogP contribution in [0, 0.1) is 0 Å². The normalized spacial score (nSPS) is 11.0. The number of methoxy groups -OCH3 is 1. The van der Waals surface area contributed by atoms with Crippen molar-refractivity contribution in [2.75, 3.05) is 12.9 Å². The summed E-state index contributed by atoms with van der Waals surface area (Å²) in [6.45, 7) is 2.04. The maximum Gasteiger partial charge on any atom is 0.190 e. The van der Waals surface area contributed by atoms with Crippen LogP contribution in [0.4, 0.5) is 0 Å². The van der Waals surface area contributed by atoms with Gasteiger partial charge in [0, 0.05) is 5.56 Å². The molecule has 3 rings (SSSR count). The molecule has 6 nitrogen and oxygen atoms in total. The van der Waals surface area contributed by atoms with Crippen LogP contribution in [0.3, 0.4) is 0 Å². The second-order valence-electron chi connectivity index (χ2n) is 4.28. The summed E-state index contributed by atoms with van der Waals surface area (Å²) < 4.78 is 5.06. The molecule has 2 heterocycles. The van der Waals surface area contributed by atoms with Crippen LogP contribution in [0.15, 0.2) is 29.7 Å². The van der Waals surface area contributed by atoms with Crippen molar-refractivity contribution >= 4 is 22.9 Å². The van der Waals surface area contributed by atoms with E-state index in [1.54, 1.807) is 30.2 Å². The molecule has 7 heteroatoms. The first-order chi connectivity index (χ1) is 10.2. The van der Waals surface area contributed by atoms with E-state index >= 15 is 0 Å². The van der Waals surface area contributed by atoms with Crippen molar-refractivity contribution in [3.8, 4) is 22.8 Å². The van der Waals surface area contributed by atoms with Crippen molar-refractivity contribution in [2.24, 2.45) is 0 Å². The standard InChI is InChI=1S/C14H14N4O2S/c1-3-21-14-17-11(12-13(18-14)16-7-15-12)8-4-5-10(20-2)9(19)6-8/h4-7,19H,3H2,1-2H3,(H,15,16,17,18). The predicted octanol–water partition coefficient (Wildman–Crippen LogP) is 2.85. The highest BCUT2D eigenvalue weighted by Gasteiger charge is 2.13. The van der Waals surface area contributed by atoms with E-state index < -0.39 is 0 Å². The molecule has 0 radical (unpaired) electrons. The lowest BCUT2D eigenvalue weighted by atomic mass is 10.1. The fraction of sp³-hybridized carbons (Fsp3) is 0.214. The van der Waals surface area contributed by atoms with Crippen LogP contribution >= 0.6 is 11.8 Å². The van der Waals surface area contributed by atoms with E-state index in [2.05, 4.69) is 19.9 Å². The summed E-state index contributed by atoms with van der Waals surface area (Å²) in [6.07, 6.45) is 1.59. The largest absolute Gasteiger partial charge is 0.504 e. The van der Waals surface area contributed by atoms with Gasteiger partial charge in [0.25, 0.3) is 0 Å². The number of aromatic amines is 1. The van der Waals surface area contributed by atoms with Gasteiger partial charge in [0.1, 0.15) is 11.2 Å². The van der Waals surface area contributed by atoms with E-state index in [1.165, 1.54) is 7.11 Å². The van der Waals surface area contributed by atoms with E-state index in [4.69, 9.17) is 4.74 Å². The molecule has 0 unspecified atom stereocenters. The second-order valence-corrected chi connectivity index (χ2v) is 5.51. The minimum Gasteiger partial charge on any atom is -0.504 e. The minimum absolute atomic E-state index is 0.0750. The van der Waals surface area contributed by atoms with Gasteiger partial charge in [-0.1, -0.05) is 18.7 Å². The molecule has 0 aliphatic rings. The van der Waals surface area contributed by atoms with Crippen LogP contribution in [-0.4, -0.2) is 37.9 Å². The van der Waals surface area contributed by atoms with Gasteiger partial charge < -0.3 is 14.8 Å². The summed E-state index contributed by atoms with van der Waals surface area (Å²) in [5, 5.41) is 10.6. The van der Waals surface area contributed by atoms with E-state index in [0.717, 1.165) is 16.8 Å². The minimum atomic E-state index is 0.0750. The highest BCUT2D eigenvalue weighted by Crippen LogP contribution is 2.33. The van der Waals surface area contributed by atoms with Crippen molar-refractivity contribution in [1.82, 2.24) is 19.9 Å². The fourth-order valence-corrected chi connectivity index (χ4v) is 2.62. The highest BCUT2D eigenvalue weighted by atomic mass is 32.2. The number of aromatic hydroxyl groups is 1. The fourth-order valence-electron chi connectivity index (χ4n) is 2.05. The number of nitrogens with zero attached hydrogens (tertiary/aromatic N) is 3. The van der Waals surface area contributed by atoms with Crippen LogP contribution in [0.25, 0.3) is 22.4 Å². The quantitative estimate of drug-likeness (QED) is 0.569. The summed E-state index contributed by atoms with van der Waals surface area (Å²) >= 11 is 1.55. The molecular formula is C14H14N4O2S. The Kier molecular flexibility index (Phi) is 3.66. The summed E-state index contributed by atoms with van der Waals surface area (Å²) in [5.74, 6) is 1.38. The summed E-state index contributed by atoms with van der Waals surface area (Å²) in [5.41, 5.74) is 2.86. The number of ether oxygens (including phenoxy) is 1. The number of imidazole rings is 1. The number of hydrogen-bond donors (Lipinski definition) is 2. The Balaban J connectivity index is 2.18. The van der Waals surface area contributed by atoms with Crippen molar-refractivity contribution < 1.29 is 9.84 Å². The van der Waals surface area contributed by atoms with E-state index in [9.17, 15) is 5.11 Å². The highest BCUT2D eigenvalue weighted by molar-refractivity contribution is 7.99. The predicted molar refractivity (Wildman–Crippen MR) is 81.7 cm³/mol. The van der Waals surface area contributed by atoms with Crippen LogP contribution in [-0.2, 0) is 0 Å². The number of rotatable bonds is 4. The van der Waals surface area contributed by atoms with Crippen molar-refractivity contribution in [1.29, 1.82) is 0 Å². The molecule has 0 atom stereocenters. The molecule has 0 fully saturated rings. The third-order valence-corrected chi connectivity index (χ3v) is 3.72. The van der Waals surface area contributed by atoms with Gasteiger partial charge in [-0.3, -0.25) is 0 Å². The molecule has 0 saturated carbocycles. The first-order valence-corrected chi connectivity index (χ1v) is 7.42. The Hall–Kier alpha value is -2.28. The molecule has 0 aliphatic carbocycles. The van der Waals surface area contributed by atoms with Gasteiger partial charge in [0.15, 0.2) is 22.3 Å². The Bertz CT molecular complexity index is 788. The number of nitrogens with one attached hydrogen (secondary N) is 1. The Labute approximate surface area is 125 Å². The molecule has 0 amide bonds. The van der Waals surface area contributed by atoms with Gasteiger partial charge in [-0.15, -0.1) is 0 Å². The first-order valence-electron chi connectivity index (χ1n) is 6.44. The van der Waals surface area contributed by atoms with E-state index in [0.29, 0.717) is 22.2 Å².